The summed E-state index contributed by atoms with van der Waals surface area (Å²) in [7, 11) is 0. The van der Waals surface area contributed by atoms with Gasteiger partial charge >= 0.3 is 132 Å². The second kappa shape index (κ2) is 93.1. The third-order valence-corrected chi connectivity index (χ3v) is 0. The Kier molecular flexibility index (Phi) is 1250. The van der Waals surface area contributed by atoms with Crippen molar-refractivity contribution in [2.45, 2.75) is 0 Å². The van der Waals surface area contributed by atoms with Crippen molar-refractivity contribution in [3.8, 4) is 0 Å². The molecule has 0 aromatic heterocycles. The Hall–Kier alpha value is 3.89. The van der Waals surface area contributed by atoms with E-state index in [1.807, 2.05) is 0 Å². The Balaban J connectivity index is 0. The zero-order valence-electron chi connectivity index (χ0n) is 4.39. The van der Waals surface area contributed by atoms with E-state index in [9.17, 15) is 0 Å². The third kappa shape index (κ3) is 76.8. The molecule has 48 valence electrons. The van der Waals surface area contributed by atoms with Crippen LogP contribution in [-0.4, -0.2) is 132 Å². The molecule has 0 aliphatic rings. The smallest absolute Gasteiger partial charge is 1.00 e. The number of hydrogen-bond donors (Lipinski definition) is 0. The van der Waals surface area contributed by atoms with E-state index in [0.717, 1.165) is 0 Å². The molecule has 0 amide bonds. The Morgan fingerprint density at radius 1 is 0.444 bits per heavy atom. The summed E-state index contributed by atoms with van der Waals surface area (Å²) >= 11 is 0. The molecule has 9 heteroatoms. The summed E-state index contributed by atoms with van der Waals surface area (Å²) in [6.45, 7) is 0. The molecule has 9 heavy (non-hydrogen) atoms. The van der Waals surface area contributed by atoms with E-state index in [1.165, 1.54) is 0 Å². The van der Waals surface area contributed by atoms with Crippen molar-refractivity contribution >= 4 is 132 Å². The summed E-state index contributed by atoms with van der Waals surface area (Å²) in [5.74, 6) is 0. The molecule has 0 bridgehead atoms. The van der Waals surface area contributed by atoms with Gasteiger partial charge in [0.1, 0.15) is 0 Å². The minimum absolute atomic E-state index is 0. The van der Waals surface area contributed by atoms with Gasteiger partial charge in [0.05, 0.1) is 0 Å². The molecule has 0 spiro atoms. The average molecular weight is 379 g/mol. The fourth-order valence-corrected chi connectivity index (χ4v) is 0. The fourth-order valence-electron chi connectivity index (χ4n) is 0. The van der Waals surface area contributed by atoms with Crippen LogP contribution < -0.4 is 28.2 Å². The second-order valence-corrected chi connectivity index (χ2v) is 0. The molecule has 0 fully saturated rings. The van der Waals surface area contributed by atoms with Crippen LogP contribution in [0, 0.1) is 0 Å². The van der Waals surface area contributed by atoms with Gasteiger partial charge in [-0.3, -0.25) is 0 Å². The predicted octanol–water partition coefficient (Wildman–Crippen LogP) is -19.1. The van der Waals surface area contributed by atoms with Crippen LogP contribution in [0.2, 0.25) is 0 Å². The van der Waals surface area contributed by atoms with Crippen LogP contribution in [0.5, 0.6) is 0 Å². The first-order valence-electron chi connectivity index (χ1n) is 0. The Morgan fingerprint density at radius 3 is 0.444 bits per heavy atom. The molecule has 0 aromatic rings. The van der Waals surface area contributed by atoms with Gasteiger partial charge < -0.3 is 28.2 Å². The molecule has 0 rings (SSSR count). The molecule has 0 radical (unpaired) electrons. The van der Waals surface area contributed by atoms with Crippen molar-refractivity contribution in [1.29, 1.82) is 0 Å². The van der Waals surface area contributed by atoms with E-state index in [1.54, 1.807) is 0 Å². The molecule has 0 aliphatic carbocycles. The van der Waals surface area contributed by atoms with Gasteiger partial charge in [0.25, 0.3) is 0 Å². The van der Waals surface area contributed by atoms with Crippen molar-refractivity contribution in [1.82, 2.24) is 0 Å². The molecule has 0 N–H and O–H groups in total. The van der Waals surface area contributed by atoms with Crippen LogP contribution in [0.1, 0.15) is 0 Å². The summed E-state index contributed by atoms with van der Waals surface area (Å²) in [5, 5.41) is 0. The Bertz CT molecular complexity index is 13.0. The Morgan fingerprint density at radius 2 is 0.444 bits per heavy atom. The van der Waals surface area contributed by atoms with Gasteiger partial charge in [-0.1, -0.05) is 0 Å². The molecule has 0 saturated carbocycles. The van der Waals surface area contributed by atoms with Crippen molar-refractivity contribution < 1.29 is 28.2 Å². The van der Waals surface area contributed by atoms with Gasteiger partial charge in [0.15, 0.2) is 0 Å². The normalized spacial score (nSPS) is 0. The van der Waals surface area contributed by atoms with Gasteiger partial charge in [0.2, 0.25) is 0 Å². The first-order chi connectivity index (χ1) is 0. The number of halogens is 6. The molecular weight excluding hydrogens is 379 g/mol. The van der Waals surface area contributed by atoms with Gasteiger partial charge in [-0.15, -0.1) is 0 Å². The van der Waals surface area contributed by atoms with Gasteiger partial charge in [-0.25, -0.2) is 0 Å². The molecule has 0 saturated heterocycles. The predicted molar refractivity (Wildman–Crippen MR) is 17.3 cm³/mol. The largest absolute Gasteiger partial charge is 2.00 e. The fraction of sp³-hybridized carbons (Fsp3) is 0. The summed E-state index contributed by atoms with van der Waals surface area (Å²) in [5.41, 5.74) is 0. The summed E-state index contributed by atoms with van der Waals surface area (Å²) in [6.07, 6.45) is 0. The van der Waals surface area contributed by atoms with E-state index >= 15 is 0 Å². The van der Waals surface area contributed by atoms with E-state index in [-0.39, 0.29) is 160 Å². The number of hydrogen-bond acceptors (Lipinski definition) is 0. The third-order valence-electron chi connectivity index (χ3n) is 0. The van der Waals surface area contributed by atoms with Crippen molar-refractivity contribution in [3.63, 3.8) is 0 Å². The van der Waals surface area contributed by atoms with E-state index < -0.39 is 0 Å². The maximum atomic E-state index is 0. The topological polar surface area (TPSA) is 0 Å². The van der Waals surface area contributed by atoms with Gasteiger partial charge in [-0.05, 0) is 0 Å². The van der Waals surface area contributed by atoms with Crippen molar-refractivity contribution in [2.75, 3.05) is 0 Å². The molecule has 0 heterocycles. The Labute approximate surface area is 156 Å². The maximum Gasteiger partial charge on any atom is 2.00 e. The molecule has 0 aliphatic heterocycles. The van der Waals surface area contributed by atoms with E-state index in [4.69, 9.17) is 0 Å². The van der Waals surface area contributed by atoms with E-state index in [2.05, 4.69) is 0 Å². The van der Waals surface area contributed by atoms with E-state index in [0.29, 0.717) is 0 Å². The first-order valence-corrected chi connectivity index (χ1v) is 0. The van der Waals surface area contributed by atoms with Crippen LogP contribution in [0.4, 0.5) is 0 Å². The minimum Gasteiger partial charge on any atom is -1.00 e. The maximum absolute atomic E-state index is 0. The zero-order valence-corrected chi connectivity index (χ0v) is 14.5. The minimum atomic E-state index is 0. The summed E-state index contributed by atoms with van der Waals surface area (Å²) in [4.78, 5) is 0. The van der Waals surface area contributed by atoms with Gasteiger partial charge in [-0.2, -0.15) is 0 Å². The average Bonchev–Trinajstić information content (AvgIpc) is 0. The van der Waals surface area contributed by atoms with Crippen LogP contribution in [0.15, 0.2) is 0 Å². The molecule has 0 aromatic carbocycles. The first kappa shape index (κ1) is 120. The van der Waals surface area contributed by atoms with Crippen LogP contribution >= 0.6 is 0 Å². The summed E-state index contributed by atoms with van der Waals surface area (Å²) < 4.78 is 0. The quantitative estimate of drug-likeness (QED) is 0.290. The monoisotopic (exact) mass is 380 g/mol. The SMILES string of the molecule is [Ba+2].[Ca+2].[F-].[F-].[F-].[F-].[F-].[F-].[Sr+2]. The molecule has 0 unspecified atom stereocenters. The molecule has 0 nitrogen and oxygen atoms in total. The zero-order chi connectivity index (χ0) is 0. The van der Waals surface area contributed by atoms with Crippen LogP contribution in [0.25, 0.3) is 0 Å². The van der Waals surface area contributed by atoms with Crippen LogP contribution in [0.3, 0.4) is 0 Å². The second-order valence-electron chi connectivity index (χ2n) is 0. The van der Waals surface area contributed by atoms with Crippen molar-refractivity contribution in [3.05, 3.63) is 0 Å². The van der Waals surface area contributed by atoms with Gasteiger partial charge in [0, 0.05) is 0 Å². The van der Waals surface area contributed by atoms with Crippen molar-refractivity contribution in [2.24, 2.45) is 0 Å². The number of rotatable bonds is 0. The summed E-state index contributed by atoms with van der Waals surface area (Å²) in [6, 6.07) is 0. The van der Waals surface area contributed by atoms with Crippen LogP contribution in [-0.2, 0) is 0 Å². The molecule has 0 atom stereocenters. The standard InChI is InChI=1S/Ba.Ca.6FH.Sr/h;;6*1H;/q2*+2;;;;;;;+2/p-6. The molecular formula is BaCaF6Sr.